The highest BCUT2D eigenvalue weighted by molar-refractivity contribution is 5.37. The van der Waals surface area contributed by atoms with E-state index in [-0.39, 0.29) is 25.6 Å². The van der Waals surface area contributed by atoms with Crippen LogP contribution in [0.15, 0.2) is 42.5 Å². The van der Waals surface area contributed by atoms with E-state index < -0.39 is 0 Å². The van der Waals surface area contributed by atoms with Crippen molar-refractivity contribution in [3.05, 3.63) is 65.0 Å². The maximum Gasteiger partial charge on any atom is 0.131 e. The van der Waals surface area contributed by atoms with Gasteiger partial charge < -0.3 is 15.6 Å². The minimum absolute atomic E-state index is 0.0137. The van der Waals surface area contributed by atoms with Gasteiger partial charge in [-0.05, 0) is 29.8 Å². The Labute approximate surface area is 123 Å². The van der Waals surface area contributed by atoms with E-state index in [0.29, 0.717) is 16.9 Å². The number of ether oxygens (including phenoxy) is 1. The van der Waals surface area contributed by atoms with E-state index in [4.69, 9.17) is 15.6 Å². The Morgan fingerprint density at radius 2 is 1.90 bits per heavy atom. The minimum Gasteiger partial charge on any atom is -0.489 e. The summed E-state index contributed by atoms with van der Waals surface area (Å²) < 4.78 is 19.4. The zero-order valence-corrected chi connectivity index (χ0v) is 11.5. The number of halogens is 1. The van der Waals surface area contributed by atoms with Crippen molar-refractivity contribution in [3.63, 3.8) is 0 Å². The van der Waals surface area contributed by atoms with Crippen LogP contribution in [0.4, 0.5) is 4.39 Å². The normalized spacial score (nSPS) is 9.86. The number of nitrogens with two attached hydrogens (primary N) is 1. The van der Waals surface area contributed by atoms with Gasteiger partial charge in [0.15, 0.2) is 0 Å². The van der Waals surface area contributed by atoms with E-state index in [1.54, 1.807) is 36.4 Å². The third kappa shape index (κ3) is 4.32. The fraction of sp³-hybridized carbons (Fsp3) is 0.176. The molecule has 2 aromatic carbocycles. The summed E-state index contributed by atoms with van der Waals surface area (Å²) in [7, 11) is 0. The van der Waals surface area contributed by atoms with Crippen molar-refractivity contribution >= 4 is 0 Å². The van der Waals surface area contributed by atoms with Crippen LogP contribution in [-0.4, -0.2) is 11.7 Å². The van der Waals surface area contributed by atoms with E-state index in [0.717, 1.165) is 5.56 Å². The Balaban J connectivity index is 2.02. The molecule has 3 N–H and O–H groups in total. The molecule has 0 heterocycles. The average Bonchev–Trinajstić information content (AvgIpc) is 2.52. The van der Waals surface area contributed by atoms with E-state index in [2.05, 4.69) is 11.8 Å². The molecule has 2 aromatic rings. The van der Waals surface area contributed by atoms with Gasteiger partial charge in [0.2, 0.25) is 0 Å². The summed E-state index contributed by atoms with van der Waals surface area (Å²) in [6.07, 6.45) is 0. The lowest BCUT2D eigenvalue weighted by atomic mass is 10.1. The second-order valence-electron chi connectivity index (χ2n) is 4.40. The maximum absolute atomic E-state index is 13.9. The summed E-state index contributed by atoms with van der Waals surface area (Å²) in [5.74, 6) is 5.73. The molecule has 0 aliphatic rings. The molecule has 0 aromatic heterocycles. The summed E-state index contributed by atoms with van der Waals surface area (Å²) in [6.45, 7) is 0.366. The van der Waals surface area contributed by atoms with E-state index in [1.807, 2.05) is 0 Å². The van der Waals surface area contributed by atoms with Gasteiger partial charge in [0, 0.05) is 11.1 Å². The van der Waals surface area contributed by atoms with Crippen molar-refractivity contribution < 1.29 is 14.2 Å². The van der Waals surface area contributed by atoms with Crippen LogP contribution < -0.4 is 10.5 Å². The molecular weight excluding hydrogens is 269 g/mol. The van der Waals surface area contributed by atoms with Crippen LogP contribution in [0.1, 0.15) is 16.7 Å². The van der Waals surface area contributed by atoms with E-state index >= 15 is 0 Å². The second-order valence-corrected chi connectivity index (χ2v) is 4.40. The predicted molar refractivity (Wildman–Crippen MR) is 79.0 cm³/mol. The van der Waals surface area contributed by atoms with Gasteiger partial charge in [-0.3, -0.25) is 0 Å². The first-order chi connectivity index (χ1) is 10.2. The van der Waals surface area contributed by atoms with Gasteiger partial charge in [0.05, 0.1) is 13.2 Å². The fourth-order valence-electron chi connectivity index (χ4n) is 1.75. The van der Waals surface area contributed by atoms with Gasteiger partial charge >= 0.3 is 0 Å². The lowest BCUT2D eigenvalue weighted by molar-refractivity contribution is 0.280. The van der Waals surface area contributed by atoms with Crippen molar-refractivity contribution in [1.29, 1.82) is 0 Å². The summed E-state index contributed by atoms with van der Waals surface area (Å²) in [5.41, 5.74) is 7.13. The first-order valence-corrected chi connectivity index (χ1v) is 6.53. The summed E-state index contributed by atoms with van der Waals surface area (Å²) in [6, 6.07) is 11.8. The molecule has 0 bridgehead atoms. The first kappa shape index (κ1) is 15.0. The molecule has 0 spiro atoms. The highest BCUT2D eigenvalue weighted by Gasteiger charge is 2.04. The topological polar surface area (TPSA) is 55.5 Å². The number of rotatable bonds is 4. The molecule has 0 aliphatic heterocycles. The van der Waals surface area contributed by atoms with Crippen LogP contribution >= 0.6 is 0 Å². The second kappa shape index (κ2) is 7.44. The molecule has 0 aliphatic carbocycles. The highest BCUT2D eigenvalue weighted by atomic mass is 19.1. The molecule has 0 saturated heterocycles. The highest BCUT2D eigenvalue weighted by Crippen LogP contribution is 2.16. The Morgan fingerprint density at radius 3 is 2.52 bits per heavy atom. The van der Waals surface area contributed by atoms with Crippen molar-refractivity contribution in [2.45, 2.75) is 13.2 Å². The lowest BCUT2D eigenvalue weighted by Gasteiger charge is -2.08. The van der Waals surface area contributed by atoms with Crippen LogP contribution in [-0.2, 0) is 13.2 Å². The Morgan fingerprint density at radius 1 is 1.14 bits per heavy atom. The van der Waals surface area contributed by atoms with Gasteiger partial charge in [-0.25, -0.2) is 4.39 Å². The fourth-order valence-corrected chi connectivity index (χ4v) is 1.75. The largest absolute Gasteiger partial charge is 0.489 e. The van der Waals surface area contributed by atoms with Gasteiger partial charge in [0.1, 0.15) is 18.2 Å². The standard InChI is InChI=1S/C17H16FNO2/c18-17-10-13(2-1-9-19)3-6-15(17)12-21-16-7-4-14(11-20)5-8-16/h3-8,10,20H,9,11-12,19H2. The molecule has 0 radical (unpaired) electrons. The summed E-state index contributed by atoms with van der Waals surface area (Å²) >= 11 is 0. The maximum atomic E-state index is 13.9. The molecule has 3 nitrogen and oxygen atoms in total. The Bertz CT molecular complexity index is 657. The third-order valence-electron chi connectivity index (χ3n) is 2.89. The monoisotopic (exact) mass is 285 g/mol. The summed E-state index contributed by atoms with van der Waals surface area (Å²) in [5, 5.41) is 8.95. The molecule has 0 amide bonds. The van der Waals surface area contributed by atoms with Crippen molar-refractivity contribution in [2.24, 2.45) is 5.73 Å². The molecule has 108 valence electrons. The average molecular weight is 285 g/mol. The van der Waals surface area contributed by atoms with E-state index in [1.165, 1.54) is 6.07 Å². The van der Waals surface area contributed by atoms with Crippen LogP contribution in [0.3, 0.4) is 0 Å². The Kier molecular flexibility index (Phi) is 5.33. The number of benzene rings is 2. The van der Waals surface area contributed by atoms with Crippen LogP contribution in [0.5, 0.6) is 5.75 Å². The van der Waals surface area contributed by atoms with E-state index in [9.17, 15) is 4.39 Å². The zero-order chi connectivity index (χ0) is 15.1. The van der Waals surface area contributed by atoms with Gasteiger partial charge in [0.25, 0.3) is 0 Å². The van der Waals surface area contributed by atoms with Gasteiger partial charge in [-0.15, -0.1) is 0 Å². The molecular formula is C17H16FNO2. The molecule has 0 atom stereocenters. The number of aliphatic hydroxyl groups is 1. The van der Waals surface area contributed by atoms with Crippen molar-refractivity contribution in [1.82, 2.24) is 0 Å². The van der Waals surface area contributed by atoms with Crippen molar-refractivity contribution in [3.8, 4) is 17.6 Å². The van der Waals surface area contributed by atoms with Crippen molar-refractivity contribution in [2.75, 3.05) is 6.54 Å². The number of hydrogen-bond acceptors (Lipinski definition) is 3. The SMILES string of the molecule is NCC#Cc1ccc(COc2ccc(CO)cc2)c(F)c1. The minimum atomic E-state index is -0.356. The Hall–Kier alpha value is -2.35. The molecule has 2 rings (SSSR count). The molecule has 0 fully saturated rings. The van der Waals surface area contributed by atoms with Crippen LogP contribution in [0.25, 0.3) is 0 Å². The molecule has 0 unspecified atom stereocenters. The predicted octanol–water partition coefficient (Wildman–Crippen LogP) is 2.21. The van der Waals surface area contributed by atoms with Gasteiger partial charge in [-0.1, -0.05) is 30.0 Å². The van der Waals surface area contributed by atoms with Crippen LogP contribution in [0, 0.1) is 17.7 Å². The quantitative estimate of drug-likeness (QED) is 0.847. The van der Waals surface area contributed by atoms with Crippen LogP contribution in [0.2, 0.25) is 0 Å². The summed E-state index contributed by atoms with van der Waals surface area (Å²) in [4.78, 5) is 0. The third-order valence-corrected chi connectivity index (χ3v) is 2.89. The molecule has 21 heavy (non-hydrogen) atoms. The van der Waals surface area contributed by atoms with Gasteiger partial charge in [-0.2, -0.15) is 0 Å². The lowest BCUT2D eigenvalue weighted by Crippen LogP contribution is -1.99. The first-order valence-electron chi connectivity index (χ1n) is 6.53. The number of hydrogen-bond donors (Lipinski definition) is 2. The number of aliphatic hydroxyl groups excluding tert-OH is 1. The zero-order valence-electron chi connectivity index (χ0n) is 11.5. The molecule has 4 heteroatoms. The molecule has 0 saturated carbocycles. The smallest absolute Gasteiger partial charge is 0.131 e.